The van der Waals surface area contributed by atoms with E-state index in [1.54, 1.807) is 0 Å². The van der Waals surface area contributed by atoms with Crippen molar-refractivity contribution >= 4 is 29.1 Å². The molecule has 3 rings (SSSR count). The van der Waals surface area contributed by atoms with Crippen molar-refractivity contribution in [3.8, 4) is 0 Å². The van der Waals surface area contributed by atoms with Crippen LogP contribution in [0.3, 0.4) is 0 Å². The molecule has 7 nitrogen and oxygen atoms in total. The molecule has 1 aromatic carbocycles. The minimum absolute atomic E-state index is 0.00411. The Labute approximate surface area is 155 Å². The topological polar surface area (TPSA) is 88.2 Å². The lowest BCUT2D eigenvalue weighted by molar-refractivity contribution is -0.114. The highest BCUT2D eigenvalue weighted by Gasteiger charge is 2.35. The van der Waals surface area contributed by atoms with Crippen LogP contribution in [-0.2, 0) is 9.53 Å². The Bertz CT molecular complexity index is 825. The van der Waals surface area contributed by atoms with E-state index in [9.17, 15) is 18.4 Å². The molecule has 2 N–H and O–H groups in total. The number of nitrogens with zero attached hydrogens (tertiary/aromatic N) is 3. The van der Waals surface area contributed by atoms with Gasteiger partial charge < -0.3 is 15.4 Å². The van der Waals surface area contributed by atoms with Crippen LogP contribution >= 0.6 is 0 Å². The molecule has 0 aliphatic carbocycles. The maximum absolute atomic E-state index is 14.6. The lowest BCUT2D eigenvalue weighted by Crippen LogP contribution is -2.28. The third-order valence-electron chi connectivity index (χ3n) is 4.42. The van der Waals surface area contributed by atoms with E-state index >= 15 is 0 Å². The number of rotatable bonds is 5. The standard InChI is InChI=1S/C18H20F2N4O3/c1-2-15(21)22-9-12-10-24(18(26)27-12)14-4-3-13(16(19)17(14)20)23-7-5-11(25)6-8-23/h3-5,7,12H,2,6,8-10H2,1H3,(H2,21,22). The van der Waals surface area contributed by atoms with E-state index in [4.69, 9.17) is 10.5 Å². The van der Waals surface area contributed by atoms with Gasteiger partial charge in [-0.1, -0.05) is 6.92 Å². The summed E-state index contributed by atoms with van der Waals surface area (Å²) in [6.45, 7) is 2.32. The van der Waals surface area contributed by atoms with Gasteiger partial charge in [-0.2, -0.15) is 0 Å². The summed E-state index contributed by atoms with van der Waals surface area (Å²) in [6, 6.07) is 2.70. The first-order valence-corrected chi connectivity index (χ1v) is 8.63. The first-order valence-electron chi connectivity index (χ1n) is 8.63. The molecule has 2 aliphatic heterocycles. The second kappa shape index (κ2) is 7.73. The molecule has 0 aromatic heterocycles. The Morgan fingerprint density at radius 3 is 2.67 bits per heavy atom. The van der Waals surface area contributed by atoms with Crippen LogP contribution in [0.4, 0.5) is 25.0 Å². The summed E-state index contributed by atoms with van der Waals surface area (Å²) < 4.78 is 34.3. The zero-order valence-corrected chi connectivity index (χ0v) is 14.8. The number of hydrogen-bond donors (Lipinski definition) is 1. The largest absolute Gasteiger partial charge is 0.442 e. The number of ketones is 1. The van der Waals surface area contributed by atoms with Crippen LogP contribution in [0.5, 0.6) is 0 Å². The van der Waals surface area contributed by atoms with Gasteiger partial charge in [0.15, 0.2) is 17.4 Å². The third-order valence-corrected chi connectivity index (χ3v) is 4.42. The summed E-state index contributed by atoms with van der Waals surface area (Å²) in [7, 11) is 0. The minimum Gasteiger partial charge on any atom is -0.442 e. The van der Waals surface area contributed by atoms with E-state index < -0.39 is 23.8 Å². The molecule has 1 atom stereocenters. The maximum Gasteiger partial charge on any atom is 0.414 e. The molecule has 0 radical (unpaired) electrons. The maximum atomic E-state index is 14.6. The van der Waals surface area contributed by atoms with E-state index in [0.29, 0.717) is 12.3 Å². The van der Waals surface area contributed by atoms with Crippen LogP contribution in [0.1, 0.15) is 19.8 Å². The van der Waals surface area contributed by atoms with Crippen molar-refractivity contribution in [2.45, 2.75) is 25.9 Å². The summed E-state index contributed by atoms with van der Waals surface area (Å²) in [4.78, 5) is 29.9. The molecule has 0 spiro atoms. The highest BCUT2D eigenvalue weighted by molar-refractivity contribution is 5.92. The number of carbonyl (C=O) groups excluding carboxylic acids is 2. The molecule has 0 bridgehead atoms. The van der Waals surface area contributed by atoms with E-state index in [-0.39, 0.29) is 43.2 Å². The molecule has 2 aliphatic rings. The van der Waals surface area contributed by atoms with Crippen molar-refractivity contribution in [2.24, 2.45) is 10.7 Å². The summed E-state index contributed by atoms with van der Waals surface area (Å²) in [5, 5.41) is 0. The zero-order valence-electron chi connectivity index (χ0n) is 14.8. The van der Waals surface area contributed by atoms with Gasteiger partial charge >= 0.3 is 6.09 Å². The van der Waals surface area contributed by atoms with Gasteiger partial charge in [0.25, 0.3) is 0 Å². The number of carbonyl (C=O) groups is 2. The van der Waals surface area contributed by atoms with Gasteiger partial charge in [0.2, 0.25) is 0 Å². The molecule has 1 unspecified atom stereocenters. The normalized spacial score (nSPS) is 20.4. The van der Waals surface area contributed by atoms with Crippen LogP contribution in [0.15, 0.2) is 29.4 Å². The predicted molar refractivity (Wildman–Crippen MR) is 96.9 cm³/mol. The van der Waals surface area contributed by atoms with E-state index in [1.807, 2.05) is 6.92 Å². The smallest absolute Gasteiger partial charge is 0.414 e. The van der Waals surface area contributed by atoms with Gasteiger partial charge in [0.1, 0.15) is 6.10 Å². The number of aliphatic imine (C=N–C) groups is 1. The summed E-state index contributed by atoms with van der Waals surface area (Å²) in [5.74, 6) is -1.87. The Balaban J connectivity index is 1.79. The molecule has 0 saturated carbocycles. The van der Waals surface area contributed by atoms with Crippen molar-refractivity contribution in [3.05, 3.63) is 36.0 Å². The second-order valence-electron chi connectivity index (χ2n) is 6.26. The number of nitrogens with two attached hydrogens (primary N) is 1. The van der Waals surface area contributed by atoms with Crippen molar-refractivity contribution in [2.75, 3.05) is 29.4 Å². The van der Waals surface area contributed by atoms with Crippen molar-refractivity contribution in [1.29, 1.82) is 0 Å². The van der Waals surface area contributed by atoms with Crippen LogP contribution in [0.25, 0.3) is 0 Å². The summed E-state index contributed by atoms with van der Waals surface area (Å²) >= 11 is 0. The Hall–Kier alpha value is -2.97. The number of amidine groups is 1. The first-order chi connectivity index (χ1) is 12.9. The van der Waals surface area contributed by atoms with Crippen LogP contribution < -0.4 is 15.5 Å². The molecule has 1 fully saturated rings. The quantitative estimate of drug-likeness (QED) is 0.628. The third kappa shape index (κ3) is 3.91. The SMILES string of the molecule is CCC(N)=NCC1CN(c2ccc(N3C=CC(=O)CC3)c(F)c2F)C(=O)O1. The number of halogens is 2. The Morgan fingerprint density at radius 2 is 2.00 bits per heavy atom. The average molecular weight is 378 g/mol. The summed E-state index contributed by atoms with van der Waals surface area (Å²) in [5.41, 5.74) is 5.43. The molecule has 1 aromatic rings. The first kappa shape index (κ1) is 18.8. The fourth-order valence-electron chi connectivity index (χ4n) is 2.87. The van der Waals surface area contributed by atoms with Gasteiger partial charge in [-0.15, -0.1) is 0 Å². The molecular formula is C18H20F2N4O3. The van der Waals surface area contributed by atoms with Gasteiger partial charge in [-0.3, -0.25) is 14.7 Å². The minimum atomic E-state index is -1.15. The van der Waals surface area contributed by atoms with Crippen LogP contribution in [0.2, 0.25) is 0 Å². The molecule has 27 heavy (non-hydrogen) atoms. The van der Waals surface area contributed by atoms with Crippen molar-refractivity contribution < 1.29 is 23.1 Å². The van der Waals surface area contributed by atoms with Crippen molar-refractivity contribution in [3.63, 3.8) is 0 Å². The number of allylic oxidation sites excluding steroid dienone is 1. The van der Waals surface area contributed by atoms with Crippen molar-refractivity contribution in [1.82, 2.24) is 0 Å². The monoisotopic (exact) mass is 378 g/mol. The van der Waals surface area contributed by atoms with Crippen LogP contribution in [-0.4, -0.2) is 43.5 Å². The van der Waals surface area contributed by atoms with E-state index in [2.05, 4.69) is 4.99 Å². The summed E-state index contributed by atoms with van der Waals surface area (Å²) in [6.07, 6.45) is 2.18. The van der Waals surface area contributed by atoms with Crippen LogP contribution in [0, 0.1) is 11.6 Å². The van der Waals surface area contributed by atoms with Gasteiger partial charge in [0.05, 0.1) is 30.3 Å². The lowest BCUT2D eigenvalue weighted by atomic mass is 10.1. The second-order valence-corrected chi connectivity index (χ2v) is 6.26. The number of benzene rings is 1. The molecular weight excluding hydrogens is 358 g/mol. The predicted octanol–water partition coefficient (Wildman–Crippen LogP) is 2.35. The average Bonchev–Trinajstić information content (AvgIpc) is 3.03. The fourth-order valence-corrected chi connectivity index (χ4v) is 2.87. The Morgan fingerprint density at radius 1 is 1.30 bits per heavy atom. The molecule has 9 heteroatoms. The Kier molecular flexibility index (Phi) is 5.38. The zero-order chi connectivity index (χ0) is 19.6. The lowest BCUT2D eigenvalue weighted by Gasteiger charge is -2.24. The number of anilines is 2. The van der Waals surface area contributed by atoms with Gasteiger partial charge in [-0.05, 0) is 18.2 Å². The van der Waals surface area contributed by atoms with Gasteiger partial charge in [-0.25, -0.2) is 13.6 Å². The number of hydrogen-bond acceptors (Lipinski definition) is 5. The fraction of sp³-hybridized carbons (Fsp3) is 0.389. The molecule has 2 heterocycles. The number of cyclic esters (lactones) is 1. The number of ether oxygens (including phenoxy) is 1. The molecule has 1 saturated heterocycles. The van der Waals surface area contributed by atoms with E-state index in [0.717, 1.165) is 4.90 Å². The van der Waals surface area contributed by atoms with Gasteiger partial charge in [0, 0.05) is 25.6 Å². The highest BCUT2D eigenvalue weighted by atomic mass is 19.2. The number of amides is 1. The van der Waals surface area contributed by atoms with E-state index in [1.165, 1.54) is 29.3 Å². The molecule has 1 amide bonds. The highest BCUT2D eigenvalue weighted by Crippen LogP contribution is 2.32. The molecule has 144 valence electrons.